The first kappa shape index (κ1) is 17.4. The Kier molecular flexibility index (Phi) is 5.25. The maximum absolute atomic E-state index is 14.6. The van der Waals surface area contributed by atoms with Crippen LogP contribution in [0.2, 0.25) is 0 Å². The molecule has 0 aromatic carbocycles. The molecule has 0 saturated carbocycles. The zero-order valence-electron chi connectivity index (χ0n) is 11.3. The number of H-pyrrole nitrogens is 1. The van der Waals surface area contributed by atoms with E-state index in [0.29, 0.717) is 0 Å². The smallest absolute Gasteiger partial charge is 0.330 e. The zero-order chi connectivity index (χ0) is 16.5. The van der Waals surface area contributed by atoms with Gasteiger partial charge >= 0.3 is 5.69 Å². The van der Waals surface area contributed by atoms with E-state index in [2.05, 4.69) is 12.2 Å². The van der Waals surface area contributed by atoms with E-state index in [9.17, 15) is 23.7 Å². The van der Waals surface area contributed by atoms with Gasteiger partial charge in [-0.2, -0.15) is 0 Å². The van der Waals surface area contributed by atoms with Crippen molar-refractivity contribution >= 4 is 19.5 Å². The van der Waals surface area contributed by atoms with E-state index in [4.69, 9.17) is 14.0 Å². The van der Waals surface area contributed by atoms with Gasteiger partial charge in [0.05, 0.1) is 0 Å². The fourth-order valence-electron chi connectivity index (χ4n) is 2.19. The molecule has 1 aliphatic rings. The van der Waals surface area contributed by atoms with Gasteiger partial charge in [-0.3, -0.25) is 18.9 Å². The maximum atomic E-state index is 14.6. The average Bonchev–Trinajstić information content (AvgIpc) is 2.73. The summed E-state index contributed by atoms with van der Waals surface area (Å²) >= 11 is 3.57. The van der Waals surface area contributed by atoms with Crippen LogP contribution in [0.3, 0.4) is 0 Å². The molecule has 1 aromatic rings. The fourth-order valence-corrected chi connectivity index (χ4v) is 3.05. The molecule has 0 spiro atoms. The number of ether oxygens (including phenoxy) is 2. The third-order valence-corrected chi connectivity index (χ3v) is 4.01. The molecule has 0 amide bonds. The number of aliphatic hydroxyl groups is 1. The Hall–Kier alpha value is -0.970. The van der Waals surface area contributed by atoms with Crippen molar-refractivity contribution in [3.8, 4) is 0 Å². The number of hydrogen-bond donors (Lipinski definition) is 3. The lowest BCUT2D eigenvalue weighted by molar-refractivity contribution is -0.265. The highest BCUT2D eigenvalue weighted by Gasteiger charge is 2.58. The van der Waals surface area contributed by atoms with Gasteiger partial charge in [0.2, 0.25) is 13.0 Å². The van der Waals surface area contributed by atoms with Gasteiger partial charge in [0.25, 0.3) is 5.56 Å². The van der Waals surface area contributed by atoms with Gasteiger partial charge in [-0.25, -0.2) is 9.18 Å². The van der Waals surface area contributed by atoms with Gasteiger partial charge in [-0.1, -0.05) is 12.2 Å². The van der Waals surface area contributed by atoms with E-state index in [1.165, 1.54) is 0 Å². The minimum atomic E-state index is -2.87. The molecule has 0 bridgehead atoms. The lowest BCUT2D eigenvalue weighted by Gasteiger charge is -2.29. The molecular formula is C10H14FN2O7PS. The molecule has 1 aromatic heterocycles. The van der Waals surface area contributed by atoms with Gasteiger partial charge in [-0.15, -0.1) is 0 Å². The van der Waals surface area contributed by atoms with Gasteiger partial charge < -0.3 is 19.1 Å². The van der Waals surface area contributed by atoms with Crippen LogP contribution < -0.4 is 11.2 Å². The number of nitrogens with one attached hydrogen (secondary N) is 1. The Morgan fingerprint density at radius 3 is 2.82 bits per heavy atom. The first-order valence-corrected chi connectivity index (χ1v) is 8.64. The number of aliphatic hydroxyl groups excluding tert-OH is 1. The molecule has 1 fully saturated rings. The predicted molar refractivity (Wildman–Crippen MR) is 76.0 cm³/mol. The third kappa shape index (κ3) is 3.05. The highest BCUT2D eigenvalue weighted by atomic mass is 32.7. The second-order valence-corrected chi connectivity index (χ2v) is 6.31. The summed E-state index contributed by atoms with van der Waals surface area (Å²) in [5, 5.41) is 9.44. The van der Waals surface area contributed by atoms with Gasteiger partial charge in [0, 0.05) is 19.4 Å². The van der Waals surface area contributed by atoms with Crippen LogP contribution >= 0.6 is 19.5 Å². The molecule has 1 saturated heterocycles. The van der Waals surface area contributed by atoms with Crippen LogP contribution in [0.25, 0.3) is 0 Å². The first-order chi connectivity index (χ1) is 10.3. The second kappa shape index (κ2) is 6.65. The van der Waals surface area contributed by atoms with Crippen LogP contribution in [0, 0.1) is 0 Å². The summed E-state index contributed by atoms with van der Waals surface area (Å²) in [7, 11) is -1.74. The minimum absolute atomic E-state index is 0.664. The highest BCUT2D eigenvalue weighted by molar-refractivity contribution is 8.39. The topological polar surface area (TPSA) is 120 Å². The largest absolute Gasteiger partial charge is 0.391 e. The predicted octanol–water partition coefficient (Wildman–Crippen LogP) is -0.557. The number of aromatic amines is 1. The van der Waals surface area contributed by atoms with Crippen LogP contribution in [0.1, 0.15) is 6.23 Å². The minimum Gasteiger partial charge on any atom is -0.391 e. The number of halogens is 1. The standard InChI is InChI=1S/C10H14FN2O7PS/c1-18-10(4-14)7(20-21(17)22)6(11)8(19-10)13-3-2-5(15)12-9(13)16/h2-3,6-8,14,21H,4H2,1H3,(H,17,22)(H,12,15,16)/t6?,7-,8-,10-/m1/s1. The number of aromatic nitrogens is 2. The van der Waals surface area contributed by atoms with Crippen LogP contribution in [0.5, 0.6) is 0 Å². The number of hydrogen-bond acceptors (Lipinski definition) is 7. The van der Waals surface area contributed by atoms with Crippen molar-refractivity contribution in [2.75, 3.05) is 13.7 Å². The monoisotopic (exact) mass is 356 g/mol. The van der Waals surface area contributed by atoms with E-state index in [1.807, 2.05) is 4.98 Å². The van der Waals surface area contributed by atoms with Crippen molar-refractivity contribution in [1.29, 1.82) is 0 Å². The van der Waals surface area contributed by atoms with Crippen LogP contribution in [-0.2, 0) is 18.6 Å². The molecule has 5 atom stereocenters. The molecule has 22 heavy (non-hydrogen) atoms. The van der Waals surface area contributed by atoms with Gasteiger partial charge in [0.15, 0.2) is 18.5 Å². The molecule has 2 rings (SSSR count). The molecule has 0 radical (unpaired) electrons. The van der Waals surface area contributed by atoms with Gasteiger partial charge in [-0.05, 0) is 0 Å². The molecule has 0 aliphatic carbocycles. The van der Waals surface area contributed by atoms with E-state index >= 15 is 0 Å². The Labute approximate surface area is 129 Å². The lowest BCUT2D eigenvalue weighted by Crippen LogP contribution is -2.47. The van der Waals surface area contributed by atoms with E-state index in [-0.39, 0.29) is 0 Å². The van der Waals surface area contributed by atoms with Gasteiger partial charge in [0.1, 0.15) is 6.61 Å². The van der Waals surface area contributed by atoms with Crippen molar-refractivity contribution in [3.63, 3.8) is 0 Å². The molecule has 2 unspecified atom stereocenters. The quantitative estimate of drug-likeness (QED) is 0.478. The van der Waals surface area contributed by atoms with Crippen LogP contribution in [-0.4, -0.2) is 46.4 Å². The van der Waals surface area contributed by atoms with Crippen LogP contribution in [0.4, 0.5) is 4.39 Å². The summed E-state index contributed by atoms with van der Waals surface area (Å²) in [5.74, 6) is -1.96. The normalized spacial score (nSPS) is 33.0. The van der Waals surface area contributed by atoms with Crippen molar-refractivity contribution < 1.29 is 28.1 Å². The SMILES string of the molecule is CO[C@]1(CO)O[C@@H](n2ccc(=O)[nH]c2=O)C(F)[C@H]1O[PH](=O)S. The van der Waals surface area contributed by atoms with Crippen molar-refractivity contribution in [1.82, 2.24) is 9.55 Å². The Balaban J connectivity index is 2.45. The number of methoxy groups -OCH3 is 1. The first-order valence-electron chi connectivity index (χ1n) is 6.03. The second-order valence-electron chi connectivity index (χ2n) is 4.45. The number of thiol groups is 1. The molecule has 9 nitrogen and oxygen atoms in total. The lowest BCUT2D eigenvalue weighted by atomic mass is 10.1. The molecule has 12 heteroatoms. The number of rotatable bonds is 5. The van der Waals surface area contributed by atoms with Crippen molar-refractivity contribution in [3.05, 3.63) is 33.1 Å². The fraction of sp³-hybridized carbons (Fsp3) is 0.600. The molecule has 124 valence electrons. The van der Waals surface area contributed by atoms with Crippen LogP contribution in [0.15, 0.2) is 21.9 Å². The van der Waals surface area contributed by atoms with E-state index in [0.717, 1.165) is 23.9 Å². The summed E-state index contributed by atoms with van der Waals surface area (Å²) in [4.78, 5) is 24.7. The average molecular weight is 356 g/mol. The Bertz CT molecular complexity index is 676. The molecule has 1 aliphatic heterocycles. The summed E-state index contributed by atoms with van der Waals surface area (Å²) in [6.45, 7) is -0.813. The summed E-state index contributed by atoms with van der Waals surface area (Å²) in [6, 6.07) is 1.00. The van der Waals surface area contributed by atoms with Crippen molar-refractivity contribution in [2.24, 2.45) is 0 Å². The summed E-state index contributed by atoms with van der Waals surface area (Å²) in [6.07, 6.45) is -4.09. The molecular weight excluding hydrogens is 342 g/mol. The summed E-state index contributed by atoms with van der Waals surface area (Å²) in [5.41, 5.74) is -1.58. The Morgan fingerprint density at radius 1 is 1.64 bits per heavy atom. The summed E-state index contributed by atoms with van der Waals surface area (Å²) < 4.78 is 41.7. The zero-order valence-corrected chi connectivity index (χ0v) is 13.2. The van der Waals surface area contributed by atoms with E-state index < -0.39 is 49.4 Å². The third-order valence-electron chi connectivity index (χ3n) is 3.23. The van der Waals surface area contributed by atoms with E-state index in [1.54, 1.807) is 0 Å². The molecule has 2 N–H and O–H groups in total. The maximum Gasteiger partial charge on any atom is 0.330 e. The number of nitrogens with zero attached hydrogens (tertiary/aromatic N) is 1. The van der Waals surface area contributed by atoms with Crippen molar-refractivity contribution in [2.45, 2.75) is 24.3 Å². The number of alkyl halides is 1. The Morgan fingerprint density at radius 2 is 2.32 bits per heavy atom. The highest BCUT2D eigenvalue weighted by Crippen LogP contribution is 2.45. The molecule has 2 heterocycles.